The van der Waals surface area contributed by atoms with Crippen LogP contribution in [0.3, 0.4) is 0 Å². The van der Waals surface area contributed by atoms with Crippen LogP contribution in [0.1, 0.15) is 5.56 Å². The van der Waals surface area contributed by atoms with E-state index in [2.05, 4.69) is 20.2 Å². The second-order valence-electron chi connectivity index (χ2n) is 7.30. The molecule has 1 N–H and O–H groups in total. The van der Waals surface area contributed by atoms with Gasteiger partial charge in [0.1, 0.15) is 18.0 Å². The SMILES string of the molecule is CN(Cc1ccc2c(c1)OCO2)c1ncnc2cc(N3CCNCC3)c(F)cc12. The summed E-state index contributed by atoms with van der Waals surface area (Å²) >= 11 is 0. The van der Waals surface area contributed by atoms with Crippen LogP contribution < -0.4 is 24.6 Å². The van der Waals surface area contributed by atoms with E-state index < -0.39 is 0 Å². The summed E-state index contributed by atoms with van der Waals surface area (Å²) in [6.07, 6.45) is 1.53. The third-order valence-corrected chi connectivity index (χ3v) is 5.36. The van der Waals surface area contributed by atoms with Gasteiger partial charge in [-0.15, -0.1) is 0 Å². The Kier molecular flexibility index (Phi) is 4.55. The fraction of sp³-hybridized carbons (Fsp3) is 0.333. The molecule has 1 aromatic heterocycles. The maximum absolute atomic E-state index is 15.0. The Balaban J connectivity index is 1.45. The van der Waals surface area contributed by atoms with E-state index in [1.165, 1.54) is 6.33 Å². The largest absolute Gasteiger partial charge is 0.454 e. The molecule has 1 saturated heterocycles. The van der Waals surface area contributed by atoms with Gasteiger partial charge in [0.05, 0.1) is 11.2 Å². The standard InChI is InChI=1S/C21H22FN5O2/c1-26(11-14-2-3-19-20(8-14)29-13-28-19)21-15-9-16(22)18(10-17(15)24-12-25-21)27-6-4-23-5-7-27/h2-3,8-10,12,23H,4-7,11,13H2,1H3. The molecule has 3 aromatic rings. The van der Waals surface area contributed by atoms with E-state index in [0.29, 0.717) is 23.4 Å². The van der Waals surface area contributed by atoms with Gasteiger partial charge >= 0.3 is 0 Å². The first-order valence-corrected chi connectivity index (χ1v) is 9.68. The molecular formula is C21H22FN5O2. The minimum atomic E-state index is -0.244. The van der Waals surface area contributed by atoms with Crippen molar-refractivity contribution >= 4 is 22.4 Å². The average molecular weight is 395 g/mol. The highest BCUT2D eigenvalue weighted by Crippen LogP contribution is 2.34. The van der Waals surface area contributed by atoms with Gasteiger partial charge in [0.2, 0.25) is 6.79 Å². The summed E-state index contributed by atoms with van der Waals surface area (Å²) in [6, 6.07) is 9.25. The van der Waals surface area contributed by atoms with Crippen molar-refractivity contribution in [2.45, 2.75) is 6.54 Å². The summed E-state index contributed by atoms with van der Waals surface area (Å²) in [5, 5.41) is 3.99. The lowest BCUT2D eigenvalue weighted by Crippen LogP contribution is -2.43. The number of nitrogens with zero attached hydrogens (tertiary/aromatic N) is 4. The van der Waals surface area contributed by atoms with E-state index in [0.717, 1.165) is 48.8 Å². The lowest BCUT2D eigenvalue weighted by atomic mass is 10.1. The number of benzene rings is 2. The number of hydrogen-bond donors (Lipinski definition) is 1. The van der Waals surface area contributed by atoms with Crippen molar-refractivity contribution < 1.29 is 13.9 Å². The highest BCUT2D eigenvalue weighted by molar-refractivity contribution is 5.91. The quantitative estimate of drug-likeness (QED) is 0.728. The van der Waals surface area contributed by atoms with Gasteiger partial charge in [0, 0.05) is 45.2 Å². The van der Waals surface area contributed by atoms with Crippen LogP contribution in [0.4, 0.5) is 15.9 Å². The van der Waals surface area contributed by atoms with Gasteiger partial charge in [-0.2, -0.15) is 0 Å². The molecular weight excluding hydrogens is 373 g/mol. The highest BCUT2D eigenvalue weighted by Gasteiger charge is 2.19. The molecule has 7 nitrogen and oxygen atoms in total. The Morgan fingerprint density at radius 3 is 2.79 bits per heavy atom. The molecule has 0 unspecified atom stereocenters. The minimum Gasteiger partial charge on any atom is -0.454 e. The Morgan fingerprint density at radius 2 is 1.93 bits per heavy atom. The van der Waals surface area contributed by atoms with Crippen LogP contribution in [0.5, 0.6) is 11.5 Å². The van der Waals surface area contributed by atoms with E-state index in [9.17, 15) is 4.39 Å². The van der Waals surface area contributed by atoms with Crippen LogP contribution in [0.15, 0.2) is 36.7 Å². The van der Waals surface area contributed by atoms with Gasteiger partial charge < -0.3 is 24.6 Å². The summed E-state index contributed by atoms with van der Waals surface area (Å²) in [6.45, 7) is 4.12. The number of rotatable bonds is 4. The lowest BCUT2D eigenvalue weighted by molar-refractivity contribution is 0.174. The molecule has 0 amide bonds. The molecule has 2 aliphatic heterocycles. The summed E-state index contributed by atoms with van der Waals surface area (Å²) in [7, 11) is 1.94. The van der Waals surface area contributed by atoms with Gasteiger partial charge in [-0.05, 0) is 29.8 Å². The number of piperazine rings is 1. The fourth-order valence-corrected chi connectivity index (χ4v) is 3.89. The molecule has 3 heterocycles. The second-order valence-corrected chi connectivity index (χ2v) is 7.30. The van der Waals surface area contributed by atoms with Gasteiger partial charge in [0.25, 0.3) is 0 Å². The molecule has 5 rings (SSSR count). The number of hydrogen-bond acceptors (Lipinski definition) is 7. The molecule has 1 fully saturated rings. The van der Waals surface area contributed by atoms with Crippen molar-refractivity contribution in [3.8, 4) is 11.5 Å². The number of ether oxygens (including phenoxy) is 2. The van der Waals surface area contributed by atoms with Gasteiger partial charge in [-0.1, -0.05) is 6.07 Å². The first kappa shape index (κ1) is 17.9. The van der Waals surface area contributed by atoms with Crippen molar-refractivity contribution in [3.05, 3.63) is 48.0 Å². The predicted octanol–water partition coefficient (Wildman–Crippen LogP) is 2.54. The Labute approximate surface area is 168 Å². The molecule has 8 heteroatoms. The molecule has 0 bridgehead atoms. The topological polar surface area (TPSA) is 62.8 Å². The second kappa shape index (κ2) is 7.36. The summed E-state index contributed by atoms with van der Waals surface area (Å²) in [5.41, 5.74) is 2.39. The zero-order valence-electron chi connectivity index (χ0n) is 16.2. The Hall–Kier alpha value is -3.13. The van der Waals surface area contributed by atoms with E-state index in [1.54, 1.807) is 6.07 Å². The van der Waals surface area contributed by atoms with E-state index >= 15 is 0 Å². The third kappa shape index (κ3) is 3.40. The normalized spacial score (nSPS) is 15.7. The van der Waals surface area contributed by atoms with Crippen molar-refractivity contribution in [2.24, 2.45) is 0 Å². The Bertz CT molecular complexity index is 1050. The number of fused-ring (bicyclic) bond motifs is 2. The molecule has 0 spiro atoms. The monoisotopic (exact) mass is 395 g/mol. The molecule has 29 heavy (non-hydrogen) atoms. The van der Waals surface area contributed by atoms with Gasteiger partial charge in [-0.3, -0.25) is 0 Å². The van der Waals surface area contributed by atoms with Gasteiger partial charge in [-0.25, -0.2) is 14.4 Å². The van der Waals surface area contributed by atoms with Crippen molar-refractivity contribution in [3.63, 3.8) is 0 Å². The van der Waals surface area contributed by atoms with Crippen molar-refractivity contribution in [2.75, 3.05) is 49.8 Å². The molecule has 2 aromatic carbocycles. The van der Waals surface area contributed by atoms with E-state index in [-0.39, 0.29) is 12.6 Å². The van der Waals surface area contributed by atoms with Crippen LogP contribution >= 0.6 is 0 Å². The summed E-state index contributed by atoms with van der Waals surface area (Å²) in [4.78, 5) is 12.9. The Morgan fingerprint density at radius 1 is 1.10 bits per heavy atom. The van der Waals surface area contributed by atoms with Crippen LogP contribution in [0.2, 0.25) is 0 Å². The zero-order valence-corrected chi connectivity index (χ0v) is 16.2. The van der Waals surface area contributed by atoms with E-state index in [4.69, 9.17) is 9.47 Å². The van der Waals surface area contributed by atoms with Crippen LogP contribution in [-0.2, 0) is 6.54 Å². The third-order valence-electron chi connectivity index (χ3n) is 5.36. The smallest absolute Gasteiger partial charge is 0.231 e. The van der Waals surface area contributed by atoms with Crippen LogP contribution in [0.25, 0.3) is 10.9 Å². The van der Waals surface area contributed by atoms with Gasteiger partial charge in [0.15, 0.2) is 11.5 Å². The van der Waals surface area contributed by atoms with E-state index in [1.807, 2.05) is 36.2 Å². The maximum atomic E-state index is 15.0. The number of aromatic nitrogens is 2. The fourth-order valence-electron chi connectivity index (χ4n) is 3.89. The van der Waals surface area contributed by atoms with Crippen molar-refractivity contribution in [1.82, 2.24) is 15.3 Å². The maximum Gasteiger partial charge on any atom is 0.231 e. The molecule has 0 aliphatic carbocycles. The van der Waals surface area contributed by atoms with Crippen molar-refractivity contribution in [1.29, 1.82) is 0 Å². The highest BCUT2D eigenvalue weighted by atomic mass is 19.1. The molecule has 0 radical (unpaired) electrons. The minimum absolute atomic E-state index is 0.244. The molecule has 150 valence electrons. The average Bonchev–Trinajstić information content (AvgIpc) is 3.21. The number of halogens is 1. The summed E-state index contributed by atoms with van der Waals surface area (Å²) < 4.78 is 25.8. The molecule has 0 atom stereocenters. The number of nitrogens with one attached hydrogen (secondary N) is 1. The first-order valence-electron chi connectivity index (χ1n) is 9.68. The zero-order chi connectivity index (χ0) is 19.8. The first-order chi connectivity index (χ1) is 14.2. The van der Waals surface area contributed by atoms with Crippen LogP contribution in [0, 0.1) is 5.82 Å². The lowest BCUT2D eigenvalue weighted by Gasteiger charge is -2.30. The van der Waals surface area contributed by atoms with Crippen LogP contribution in [-0.4, -0.2) is 50.0 Å². The predicted molar refractivity (Wildman–Crippen MR) is 109 cm³/mol. The number of anilines is 2. The molecule has 2 aliphatic rings. The summed E-state index contributed by atoms with van der Waals surface area (Å²) in [5.74, 6) is 1.95. The molecule has 0 saturated carbocycles.